The van der Waals surface area contributed by atoms with E-state index in [0.717, 1.165) is 12.8 Å². The molecule has 3 aromatic carbocycles. The minimum atomic E-state index is 0.660. The highest BCUT2D eigenvalue weighted by molar-refractivity contribution is 5.94. The highest BCUT2D eigenvalue weighted by Gasteiger charge is 2.18. The Hall–Kier alpha value is -2.60. The molecule has 0 saturated carbocycles. The second kappa shape index (κ2) is 6.72. The first-order chi connectivity index (χ1) is 12.2. The lowest BCUT2D eigenvalue weighted by atomic mass is 9.90. The van der Waals surface area contributed by atoms with Crippen LogP contribution in [0.25, 0.3) is 22.8 Å². The van der Waals surface area contributed by atoms with Crippen molar-refractivity contribution in [3.63, 3.8) is 0 Å². The molecule has 0 aliphatic heterocycles. The lowest BCUT2D eigenvalue weighted by Gasteiger charge is -2.14. The van der Waals surface area contributed by atoms with Crippen LogP contribution < -0.4 is 0 Å². The molecule has 0 unspecified atom stereocenters. The minimum absolute atomic E-state index is 0.660. The van der Waals surface area contributed by atoms with E-state index in [1.807, 2.05) is 0 Å². The fourth-order valence-electron chi connectivity index (χ4n) is 3.84. The molecule has 0 spiro atoms. The van der Waals surface area contributed by atoms with Crippen LogP contribution in [0.3, 0.4) is 0 Å². The Morgan fingerprint density at radius 2 is 1.48 bits per heavy atom. The van der Waals surface area contributed by atoms with E-state index in [4.69, 9.17) is 0 Å². The standard InChI is InChI=1S/C25H24/c1-18(2)15-20-11-6-7-13-23(20)24-14-8-12-21-16-22(17-25(21)24)19-9-4-3-5-10-19/h3-14,17-18H,15-16H2,1-2H3. The van der Waals surface area contributed by atoms with Crippen molar-refractivity contribution in [2.24, 2.45) is 5.92 Å². The normalized spacial score (nSPS) is 13.0. The van der Waals surface area contributed by atoms with Crippen molar-refractivity contribution in [1.29, 1.82) is 0 Å². The minimum Gasteiger partial charge on any atom is -0.0625 e. The molecule has 124 valence electrons. The van der Waals surface area contributed by atoms with Crippen LogP contribution in [0.1, 0.15) is 36.1 Å². The van der Waals surface area contributed by atoms with Crippen LogP contribution in [0.15, 0.2) is 72.8 Å². The van der Waals surface area contributed by atoms with Crippen LogP contribution in [0.4, 0.5) is 0 Å². The Kier molecular flexibility index (Phi) is 4.28. The zero-order valence-electron chi connectivity index (χ0n) is 15.0. The van der Waals surface area contributed by atoms with Gasteiger partial charge in [0.1, 0.15) is 0 Å². The smallest absolute Gasteiger partial charge is 0.00135 e. The maximum absolute atomic E-state index is 2.39. The summed E-state index contributed by atoms with van der Waals surface area (Å²) in [6.45, 7) is 4.58. The zero-order chi connectivity index (χ0) is 17.2. The molecule has 0 atom stereocenters. The highest BCUT2D eigenvalue weighted by atomic mass is 14.2. The number of allylic oxidation sites excluding steroid dienone is 1. The SMILES string of the molecule is CC(C)Cc1ccccc1-c1cccc2c1C=C(c1ccccc1)C2. The average molecular weight is 324 g/mol. The average Bonchev–Trinajstić information content (AvgIpc) is 3.07. The number of fused-ring (bicyclic) bond motifs is 1. The van der Waals surface area contributed by atoms with Gasteiger partial charge in [0.25, 0.3) is 0 Å². The van der Waals surface area contributed by atoms with E-state index in [-0.39, 0.29) is 0 Å². The quantitative estimate of drug-likeness (QED) is 0.504. The van der Waals surface area contributed by atoms with E-state index in [2.05, 4.69) is 92.7 Å². The van der Waals surface area contributed by atoms with Crippen molar-refractivity contribution in [3.05, 3.63) is 95.1 Å². The summed E-state index contributed by atoms with van der Waals surface area (Å²) in [4.78, 5) is 0. The number of hydrogen-bond acceptors (Lipinski definition) is 0. The van der Waals surface area contributed by atoms with Crippen LogP contribution in [0, 0.1) is 5.92 Å². The second-order valence-electron chi connectivity index (χ2n) is 7.35. The lowest BCUT2D eigenvalue weighted by molar-refractivity contribution is 0.648. The van der Waals surface area contributed by atoms with Crippen LogP contribution >= 0.6 is 0 Å². The Labute approximate surface area is 150 Å². The molecule has 0 amide bonds. The lowest BCUT2D eigenvalue weighted by Crippen LogP contribution is -1.98. The molecular weight excluding hydrogens is 300 g/mol. The van der Waals surface area contributed by atoms with Gasteiger partial charge in [0.2, 0.25) is 0 Å². The fraction of sp³-hybridized carbons (Fsp3) is 0.200. The van der Waals surface area contributed by atoms with Crippen molar-refractivity contribution in [1.82, 2.24) is 0 Å². The van der Waals surface area contributed by atoms with Gasteiger partial charge >= 0.3 is 0 Å². The summed E-state index contributed by atoms with van der Waals surface area (Å²) in [6.07, 6.45) is 4.54. The van der Waals surface area contributed by atoms with Crippen molar-refractivity contribution >= 4 is 11.6 Å². The van der Waals surface area contributed by atoms with Gasteiger partial charge < -0.3 is 0 Å². The molecular formula is C25H24. The Balaban J connectivity index is 1.81. The molecule has 1 aliphatic carbocycles. The van der Waals surface area contributed by atoms with E-state index in [9.17, 15) is 0 Å². The largest absolute Gasteiger partial charge is 0.0625 e. The van der Waals surface area contributed by atoms with Gasteiger partial charge in [-0.2, -0.15) is 0 Å². The van der Waals surface area contributed by atoms with Crippen LogP contribution in [-0.4, -0.2) is 0 Å². The van der Waals surface area contributed by atoms with E-state index in [1.165, 1.54) is 39.0 Å². The maximum Gasteiger partial charge on any atom is -0.00135 e. The van der Waals surface area contributed by atoms with Crippen molar-refractivity contribution in [2.45, 2.75) is 26.7 Å². The summed E-state index contributed by atoms with van der Waals surface area (Å²) in [6, 6.07) is 26.4. The van der Waals surface area contributed by atoms with Gasteiger partial charge in [-0.1, -0.05) is 86.6 Å². The zero-order valence-corrected chi connectivity index (χ0v) is 15.0. The number of benzene rings is 3. The number of hydrogen-bond donors (Lipinski definition) is 0. The maximum atomic E-state index is 2.39. The summed E-state index contributed by atoms with van der Waals surface area (Å²) in [5, 5.41) is 0. The molecule has 0 N–H and O–H groups in total. The van der Waals surface area contributed by atoms with Crippen LogP contribution in [0.5, 0.6) is 0 Å². The third-order valence-corrected chi connectivity index (χ3v) is 4.98. The van der Waals surface area contributed by atoms with E-state index < -0.39 is 0 Å². The predicted octanol–water partition coefficient (Wildman–Crippen LogP) is 6.65. The highest BCUT2D eigenvalue weighted by Crippen LogP contribution is 2.38. The fourth-order valence-corrected chi connectivity index (χ4v) is 3.84. The molecule has 0 bridgehead atoms. The number of rotatable bonds is 4. The summed E-state index contributed by atoms with van der Waals surface area (Å²) in [5.41, 5.74) is 9.81. The van der Waals surface area contributed by atoms with Crippen LogP contribution in [0.2, 0.25) is 0 Å². The molecule has 0 saturated heterocycles. The first-order valence-corrected chi connectivity index (χ1v) is 9.18. The molecule has 0 fully saturated rings. The summed E-state index contributed by atoms with van der Waals surface area (Å²) < 4.78 is 0. The topological polar surface area (TPSA) is 0 Å². The van der Waals surface area contributed by atoms with Crippen molar-refractivity contribution in [2.75, 3.05) is 0 Å². The Bertz CT molecular complexity index is 914. The monoisotopic (exact) mass is 324 g/mol. The predicted molar refractivity (Wildman–Crippen MR) is 108 cm³/mol. The van der Waals surface area contributed by atoms with Gasteiger partial charge in [-0.15, -0.1) is 0 Å². The van der Waals surface area contributed by atoms with Crippen molar-refractivity contribution < 1.29 is 0 Å². The van der Waals surface area contributed by atoms with E-state index in [1.54, 1.807) is 0 Å². The first-order valence-electron chi connectivity index (χ1n) is 9.18. The molecule has 3 aromatic rings. The van der Waals surface area contributed by atoms with Gasteiger partial charge in [0.05, 0.1) is 0 Å². The van der Waals surface area contributed by atoms with Gasteiger partial charge in [0.15, 0.2) is 0 Å². The summed E-state index contributed by atoms with van der Waals surface area (Å²) >= 11 is 0. The van der Waals surface area contributed by atoms with Crippen LogP contribution in [-0.2, 0) is 12.8 Å². The molecule has 0 aromatic heterocycles. The van der Waals surface area contributed by atoms with E-state index in [0.29, 0.717) is 5.92 Å². The van der Waals surface area contributed by atoms with Gasteiger partial charge in [-0.3, -0.25) is 0 Å². The van der Waals surface area contributed by atoms with Crippen molar-refractivity contribution in [3.8, 4) is 11.1 Å². The Morgan fingerprint density at radius 1 is 0.760 bits per heavy atom. The third-order valence-electron chi connectivity index (χ3n) is 4.98. The molecule has 4 rings (SSSR count). The van der Waals surface area contributed by atoms with Gasteiger partial charge in [0, 0.05) is 0 Å². The van der Waals surface area contributed by atoms with Gasteiger partial charge in [-0.05, 0) is 63.8 Å². The first kappa shape index (κ1) is 15.9. The summed E-state index contributed by atoms with van der Waals surface area (Å²) in [7, 11) is 0. The Morgan fingerprint density at radius 3 is 2.28 bits per heavy atom. The molecule has 0 radical (unpaired) electrons. The molecule has 1 aliphatic rings. The molecule has 0 heteroatoms. The summed E-state index contributed by atoms with van der Waals surface area (Å²) in [5.74, 6) is 0.660. The molecule has 0 heterocycles. The molecule has 25 heavy (non-hydrogen) atoms. The third kappa shape index (κ3) is 3.17. The van der Waals surface area contributed by atoms with Gasteiger partial charge in [-0.25, -0.2) is 0 Å². The molecule has 0 nitrogen and oxygen atoms in total. The second-order valence-corrected chi connectivity index (χ2v) is 7.35. The van der Waals surface area contributed by atoms with E-state index >= 15 is 0 Å².